The fourth-order valence-electron chi connectivity index (χ4n) is 2.03. The minimum absolute atomic E-state index is 0.174. The Kier molecular flexibility index (Phi) is 9.16. The van der Waals surface area contributed by atoms with E-state index in [1.165, 1.54) is 6.07 Å². The average Bonchev–Trinajstić information content (AvgIpc) is 2.54. The number of likely N-dealkylation sites (N-methyl/N-ethyl adjacent to an activating group) is 1. The number of hydrogen-bond donors (Lipinski definition) is 2. The van der Waals surface area contributed by atoms with E-state index in [0.29, 0.717) is 12.5 Å². The molecule has 1 aromatic carbocycles. The quantitative estimate of drug-likeness (QED) is 0.411. The molecule has 0 spiro atoms. The fraction of sp³-hybridized carbons (Fsp3) is 0.562. The van der Waals surface area contributed by atoms with Crippen molar-refractivity contribution in [3.8, 4) is 0 Å². The first-order valence-corrected chi connectivity index (χ1v) is 7.62. The van der Waals surface area contributed by atoms with Crippen LogP contribution in [0.1, 0.15) is 12.0 Å². The highest BCUT2D eigenvalue weighted by molar-refractivity contribution is 5.79. The minimum atomic E-state index is -0.455. The van der Waals surface area contributed by atoms with Crippen LogP contribution < -0.4 is 10.6 Å². The van der Waals surface area contributed by atoms with Gasteiger partial charge < -0.3 is 20.3 Å². The van der Waals surface area contributed by atoms with Gasteiger partial charge in [0.2, 0.25) is 0 Å². The molecule has 0 aliphatic rings. The Bertz CT molecular complexity index is 497. The predicted molar refractivity (Wildman–Crippen MR) is 88.5 cm³/mol. The van der Waals surface area contributed by atoms with Crippen molar-refractivity contribution < 1.29 is 13.5 Å². The molecule has 1 rings (SSSR count). The zero-order valence-corrected chi connectivity index (χ0v) is 14.0. The molecular formula is C16H26F2N4O. The lowest BCUT2D eigenvalue weighted by molar-refractivity contribution is 0.180. The fourth-order valence-corrected chi connectivity index (χ4v) is 2.03. The van der Waals surface area contributed by atoms with E-state index in [2.05, 4.69) is 20.5 Å². The van der Waals surface area contributed by atoms with Gasteiger partial charge in [0.1, 0.15) is 11.6 Å². The Morgan fingerprint density at radius 3 is 2.74 bits per heavy atom. The summed E-state index contributed by atoms with van der Waals surface area (Å²) in [5.74, 6) is -0.338. The highest BCUT2D eigenvalue weighted by atomic mass is 19.1. The van der Waals surface area contributed by atoms with Crippen LogP contribution in [0.5, 0.6) is 0 Å². The number of nitrogens with zero attached hydrogens (tertiary/aromatic N) is 2. The molecule has 0 aromatic heterocycles. The van der Waals surface area contributed by atoms with Crippen LogP contribution in [0.25, 0.3) is 0 Å². The molecule has 5 nitrogen and oxygen atoms in total. The predicted octanol–water partition coefficient (Wildman–Crippen LogP) is 1.60. The number of rotatable bonds is 9. The molecule has 0 saturated carbocycles. The molecular weight excluding hydrogens is 302 g/mol. The molecule has 0 saturated heterocycles. The van der Waals surface area contributed by atoms with Crippen LogP contribution in [-0.4, -0.2) is 58.3 Å². The second-order valence-electron chi connectivity index (χ2n) is 5.24. The van der Waals surface area contributed by atoms with E-state index in [1.807, 2.05) is 7.05 Å². The number of benzene rings is 1. The molecule has 23 heavy (non-hydrogen) atoms. The van der Waals surface area contributed by atoms with E-state index in [4.69, 9.17) is 4.74 Å². The van der Waals surface area contributed by atoms with Gasteiger partial charge in [-0.2, -0.15) is 0 Å². The van der Waals surface area contributed by atoms with Crippen LogP contribution in [0, 0.1) is 11.6 Å². The molecule has 0 atom stereocenters. The number of methoxy groups -OCH3 is 1. The number of nitrogens with one attached hydrogen (secondary N) is 2. The van der Waals surface area contributed by atoms with Crippen molar-refractivity contribution in [2.45, 2.75) is 13.0 Å². The van der Waals surface area contributed by atoms with Crippen LogP contribution in [0.3, 0.4) is 0 Å². The van der Waals surface area contributed by atoms with Crippen molar-refractivity contribution >= 4 is 5.96 Å². The smallest absolute Gasteiger partial charge is 0.191 e. The summed E-state index contributed by atoms with van der Waals surface area (Å²) >= 11 is 0. The van der Waals surface area contributed by atoms with Crippen LogP contribution in [0.2, 0.25) is 0 Å². The van der Waals surface area contributed by atoms with E-state index in [-0.39, 0.29) is 12.1 Å². The molecule has 0 radical (unpaired) electrons. The van der Waals surface area contributed by atoms with Crippen molar-refractivity contribution in [3.63, 3.8) is 0 Å². The highest BCUT2D eigenvalue weighted by Gasteiger charge is 2.05. The van der Waals surface area contributed by atoms with Gasteiger partial charge in [-0.05, 0) is 31.7 Å². The SMILES string of the molecule is CN=C(NCCN(C)CCCOC)NCc1cc(F)ccc1F. The molecule has 2 N–H and O–H groups in total. The van der Waals surface area contributed by atoms with Gasteiger partial charge in [-0.1, -0.05) is 0 Å². The number of halogens is 2. The molecule has 130 valence electrons. The molecule has 0 aliphatic heterocycles. The third-order valence-electron chi connectivity index (χ3n) is 3.35. The lowest BCUT2D eigenvalue weighted by Gasteiger charge is -2.18. The van der Waals surface area contributed by atoms with E-state index >= 15 is 0 Å². The molecule has 0 amide bonds. The van der Waals surface area contributed by atoms with Gasteiger partial charge in [-0.25, -0.2) is 8.78 Å². The lowest BCUT2D eigenvalue weighted by Crippen LogP contribution is -2.40. The van der Waals surface area contributed by atoms with Crippen LogP contribution in [0.4, 0.5) is 8.78 Å². The van der Waals surface area contributed by atoms with Crippen LogP contribution in [0.15, 0.2) is 23.2 Å². The van der Waals surface area contributed by atoms with Crippen molar-refractivity contribution in [3.05, 3.63) is 35.4 Å². The normalized spacial score (nSPS) is 11.8. The minimum Gasteiger partial charge on any atom is -0.385 e. The Balaban J connectivity index is 2.31. The van der Waals surface area contributed by atoms with E-state index in [0.717, 1.165) is 38.2 Å². The number of hydrogen-bond acceptors (Lipinski definition) is 3. The summed E-state index contributed by atoms with van der Waals surface area (Å²) in [5.41, 5.74) is 0.268. The zero-order valence-electron chi connectivity index (χ0n) is 14.0. The van der Waals surface area contributed by atoms with Gasteiger partial charge in [0.05, 0.1) is 0 Å². The van der Waals surface area contributed by atoms with Crippen molar-refractivity contribution in [2.75, 3.05) is 47.4 Å². The van der Waals surface area contributed by atoms with E-state index in [9.17, 15) is 8.78 Å². The van der Waals surface area contributed by atoms with Gasteiger partial charge >= 0.3 is 0 Å². The standard InChI is InChI=1S/C16H26F2N4O/c1-19-16(20-7-9-22(2)8-4-10-23-3)21-12-13-11-14(17)5-6-15(13)18/h5-6,11H,4,7-10,12H2,1-3H3,(H2,19,20,21). The first-order chi connectivity index (χ1) is 11.1. The molecule has 0 bridgehead atoms. The third-order valence-corrected chi connectivity index (χ3v) is 3.35. The first kappa shape index (κ1) is 19.3. The van der Waals surface area contributed by atoms with Gasteiger partial charge in [0.15, 0.2) is 5.96 Å². The zero-order chi connectivity index (χ0) is 17.1. The first-order valence-electron chi connectivity index (χ1n) is 7.62. The topological polar surface area (TPSA) is 48.9 Å². The van der Waals surface area contributed by atoms with E-state index in [1.54, 1.807) is 14.2 Å². The molecule has 0 heterocycles. The van der Waals surface area contributed by atoms with Crippen LogP contribution >= 0.6 is 0 Å². The van der Waals surface area contributed by atoms with E-state index < -0.39 is 11.6 Å². The Morgan fingerprint density at radius 1 is 1.26 bits per heavy atom. The number of guanidine groups is 1. The van der Waals surface area contributed by atoms with Gasteiger partial charge in [-0.15, -0.1) is 0 Å². The molecule has 0 unspecified atom stereocenters. The van der Waals surface area contributed by atoms with Crippen molar-refractivity contribution in [2.24, 2.45) is 4.99 Å². The largest absolute Gasteiger partial charge is 0.385 e. The number of ether oxygens (including phenoxy) is 1. The summed E-state index contributed by atoms with van der Waals surface area (Å²) in [6, 6.07) is 3.40. The maximum Gasteiger partial charge on any atom is 0.191 e. The molecule has 1 aromatic rings. The summed E-state index contributed by atoms with van der Waals surface area (Å²) in [6.07, 6.45) is 0.985. The Labute approximate surface area is 136 Å². The molecule has 7 heteroatoms. The summed E-state index contributed by atoms with van der Waals surface area (Å²) in [7, 11) is 5.37. The molecule has 0 aliphatic carbocycles. The Hall–Kier alpha value is -1.73. The summed E-state index contributed by atoms with van der Waals surface area (Å²) in [4.78, 5) is 6.25. The van der Waals surface area contributed by atoms with Gasteiger partial charge in [0.25, 0.3) is 0 Å². The second-order valence-corrected chi connectivity index (χ2v) is 5.24. The summed E-state index contributed by atoms with van der Waals surface area (Å²) in [6.45, 7) is 3.43. The van der Waals surface area contributed by atoms with Crippen molar-refractivity contribution in [1.82, 2.24) is 15.5 Å². The summed E-state index contributed by atoms with van der Waals surface area (Å²) < 4.78 is 31.7. The van der Waals surface area contributed by atoms with Crippen LogP contribution in [-0.2, 0) is 11.3 Å². The maximum atomic E-state index is 13.5. The number of aliphatic imine (C=N–C) groups is 1. The Morgan fingerprint density at radius 2 is 2.04 bits per heavy atom. The monoisotopic (exact) mass is 328 g/mol. The average molecular weight is 328 g/mol. The third kappa shape index (κ3) is 7.90. The maximum absolute atomic E-state index is 13.5. The highest BCUT2D eigenvalue weighted by Crippen LogP contribution is 2.08. The lowest BCUT2D eigenvalue weighted by atomic mass is 10.2. The van der Waals surface area contributed by atoms with Crippen molar-refractivity contribution in [1.29, 1.82) is 0 Å². The van der Waals surface area contributed by atoms with Gasteiger partial charge in [0, 0.05) is 52.5 Å². The molecule has 0 fully saturated rings. The van der Waals surface area contributed by atoms with Gasteiger partial charge in [-0.3, -0.25) is 4.99 Å². The second kappa shape index (κ2) is 10.9. The summed E-state index contributed by atoms with van der Waals surface area (Å²) in [5, 5.41) is 6.12.